The van der Waals surface area contributed by atoms with E-state index in [9.17, 15) is 4.79 Å². The molecule has 1 aliphatic rings. The quantitative estimate of drug-likeness (QED) is 0.472. The van der Waals surface area contributed by atoms with Gasteiger partial charge in [0.15, 0.2) is 0 Å². The average Bonchev–Trinajstić information content (AvgIpc) is 3.29. The van der Waals surface area contributed by atoms with Crippen molar-refractivity contribution < 1.29 is 4.79 Å². The van der Waals surface area contributed by atoms with E-state index in [-0.39, 0.29) is 5.91 Å². The number of fused-ring (bicyclic) bond motifs is 1. The zero-order valence-electron chi connectivity index (χ0n) is 15.9. The molecule has 146 valence electrons. The minimum absolute atomic E-state index is 0.165. The van der Waals surface area contributed by atoms with Crippen LogP contribution in [-0.2, 0) is 11.3 Å². The molecule has 4 aromatic rings. The van der Waals surface area contributed by atoms with Crippen LogP contribution in [-0.4, -0.2) is 20.7 Å². The van der Waals surface area contributed by atoms with Crippen LogP contribution in [0.4, 0.5) is 5.69 Å². The first-order valence-corrected chi connectivity index (χ1v) is 9.90. The fourth-order valence-corrected chi connectivity index (χ4v) is 3.76. The van der Waals surface area contributed by atoms with E-state index < -0.39 is 0 Å². The van der Waals surface area contributed by atoms with Crippen LogP contribution in [0, 0.1) is 0 Å². The van der Waals surface area contributed by atoms with Gasteiger partial charge in [0.2, 0.25) is 0 Å². The molecule has 1 amide bonds. The number of nitrogens with one attached hydrogen (secondary N) is 1. The fraction of sp³-hybridized carbons (Fsp3) is 0.0417. The van der Waals surface area contributed by atoms with Gasteiger partial charge in [-0.2, -0.15) is 5.10 Å². The normalized spacial score (nSPS) is 14.0. The molecule has 0 saturated carbocycles. The molecule has 0 saturated heterocycles. The largest absolute Gasteiger partial charge is 0.321 e. The van der Waals surface area contributed by atoms with Crippen LogP contribution in [0.1, 0.15) is 16.8 Å². The summed E-state index contributed by atoms with van der Waals surface area (Å²) in [6.45, 7) is 0.635. The molecule has 0 unspecified atom stereocenters. The highest BCUT2D eigenvalue weighted by Crippen LogP contribution is 2.36. The lowest BCUT2D eigenvalue weighted by Gasteiger charge is -2.01. The van der Waals surface area contributed by atoms with Crippen molar-refractivity contribution in [3.63, 3.8) is 0 Å². The van der Waals surface area contributed by atoms with E-state index >= 15 is 0 Å². The van der Waals surface area contributed by atoms with E-state index in [1.807, 2.05) is 53.4 Å². The van der Waals surface area contributed by atoms with E-state index in [0.717, 1.165) is 22.3 Å². The van der Waals surface area contributed by atoms with Gasteiger partial charge in [-0.3, -0.25) is 14.5 Å². The SMILES string of the molecule is O=C1Nc2cc(Cl)ccc2C1=Cc1nn(Cc2ccccc2)cc1-c1cccnc1. The number of halogens is 1. The van der Waals surface area contributed by atoms with Gasteiger partial charge in [0.05, 0.1) is 23.5 Å². The number of carbonyl (C=O) groups excluding carboxylic acids is 1. The molecular weight excluding hydrogens is 396 g/mol. The van der Waals surface area contributed by atoms with E-state index in [2.05, 4.69) is 22.4 Å². The first-order valence-electron chi connectivity index (χ1n) is 9.52. The third-order valence-electron chi connectivity index (χ3n) is 5.00. The van der Waals surface area contributed by atoms with Gasteiger partial charge >= 0.3 is 0 Å². The van der Waals surface area contributed by atoms with Crippen LogP contribution in [0.25, 0.3) is 22.8 Å². The first kappa shape index (κ1) is 18.3. The number of benzene rings is 2. The second-order valence-corrected chi connectivity index (χ2v) is 7.49. The van der Waals surface area contributed by atoms with Crippen molar-refractivity contribution in [2.24, 2.45) is 0 Å². The van der Waals surface area contributed by atoms with Crippen LogP contribution < -0.4 is 5.32 Å². The summed E-state index contributed by atoms with van der Waals surface area (Å²) in [7, 11) is 0. The zero-order valence-corrected chi connectivity index (χ0v) is 16.7. The molecule has 0 fully saturated rings. The van der Waals surface area contributed by atoms with E-state index in [4.69, 9.17) is 16.7 Å². The summed E-state index contributed by atoms with van der Waals surface area (Å²) in [6, 6.07) is 19.4. The van der Waals surface area contributed by atoms with Gasteiger partial charge in [0.25, 0.3) is 5.91 Å². The number of nitrogens with zero attached hydrogens (tertiary/aromatic N) is 3. The Labute approximate surface area is 178 Å². The Hall–Kier alpha value is -3.70. The third-order valence-corrected chi connectivity index (χ3v) is 5.23. The minimum atomic E-state index is -0.165. The molecular formula is C24H17ClN4O. The molecule has 0 radical (unpaired) electrons. The van der Waals surface area contributed by atoms with Gasteiger partial charge < -0.3 is 5.32 Å². The molecule has 3 heterocycles. The lowest BCUT2D eigenvalue weighted by Crippen LogP contribution is -2.04. The molecule has 1 N–H and O–H groups in total. The van der Waals surface area contributed by atoms with Gasteiger partial charge in [-0.25, -0.2) is 0 Å². The standard InChI is InChI=1S/C24H17ClN4O/c25-18-8-9-19-20(24(30)27-22(19)11-18)12-23-21(17-7-4-10-26-13-17)15-29(28-23)14-16-5-2-1-3-6-16/h1-13,15H,14H2,(H,27,30). The second-order valence-electron chi connectivity index (χ2n) is 7.05. The Morgan fingerprint density at radius 3 is 2.70 bits per heavy atom. The van der Waals surface area contributed by atoms with Crippen molar-refractivity contribution in [3.05, 3.63) is 101 Å². The predicted octanol–water partition coefficient (Wildman–Crippen LogP) is 5.14. The number of amides is 1. The number of rotatable bonds is 4. The van der Waals surface area contributed by atoms with Crippen molar-refractivity contribution in [2.45, 2.75) is 6.54 Å². The Bertz CT molecular complexity index is 1260. The van der Waals surface area contributed by atoms with Crippen molar-refractivity contribution in [1.29, 1.82) is 0 Å². The summed E-state index contributed by atoms with van der Waals surface area (Å²) in [5, 5.41) is 8.23. The highest BCUT2D eigenvalue weighted by atomic mass is 35.5. The van der Waals surface area contributed by atoms with Gasteiger partial charge in [-0.1, -0.05) is 54.1 Å². The Balaban J connectivity index is 1.61. The highest BCUT2D eigenvalue weighted by molar-refractivity contribution is 6.36. The first-order chi connectivity index (χ1) is 14.7. The summed E-state index contributed by atoms with van der Waals surface area (Å²) in [6.07, 6.45) is 7.36. The van der Waals surface area contributed by atoms with Gasteiger partial charge in [0, 0.05) is 40.3 Å². The van der Waals surface area contributed by atoms with Gasteiger partial charge in [0.1, 0.15) is 0 Å². The molecule has 0 atom stereocenters. The lowest BCUT2D eigenvalue weighted by atomic mass is 10.0. The molecule has 30 heavy (non-hydrogen) atoms. The second kappa shape index (κ2) is 7.61. The zero-order chi connectivity index (χ0) is 20.5. The van der Waals surface area contributed by atoms with E-state index in [1.165, 1.54) is 0 Å². The van der Waals surface area contributed by atoms with Crippen molar-refractivity contribution >= 4 is 34.8 Å². The van der Waals surface area contributed by atoms with Crippen molar-refractivity contribution in [2.75, 3.05) is 5.32 Å². The predicted molar refractivity (Wildman–Crippen MR) is 119 cm³/mol. The summed E-state index contributed by atoms with van der Waals surface area (Å²) in [5.74, 6) is -0.165. The molecule has 5 nitrogen and oxygen atoms in total. The number of carbonyl (C=O) groups is 1. The maximum absolute atomic E-state index is 12.6. The number of hydrogen-bond acceptors (Lipinski definition) is 3. The maximum Gasteiger partial charge on any atom is 0.256 e. The van der Waals surface area contributed by atoms with Crippen LogP contribution >= 0.6 is 11.6 Å². The molecule has 5 rings (SSSR count). The number of anilines is 1. The minimum Gasteiger partial charge on any atom is -0.321 e. The summed E-state index contributed by atoms with van der Waals surface area (Å²) < 4.78 is 1.89. The van der Waals surface area contributed by atoms with Gasteiger partial charge in [-0.05, 0) is 29.8 Å². The topological polar surface area (TPSA) is 59.8 Å². The molecule has 2 aromatic heterocycles. The summed E-state index contributed by atoms with van der Waals surface area (Å²) in [5.41, 5.74) is 5.82. The third kappa shape index (κ3) is 3.51. The number of pyridine rings is 1. The highest BCUT2D eigenvalue weighted by Gasteiger charge is 2.25. The molecule has 0 spiro atoms. The van der Waals surface area contributed by atoms with Crippen LogP contribution in [0.3, 0.4) is 0 Å². The van der Waals surface area contributed by atoms with Crippen LogP contribution in [0.15, 0.2) is 79.3 Å². The molecule has 6 heteroatoms. The van der Waals surface area contributed by atoms with Crippen molar-refractivity contribution in [1.82, 2.24) is 14.8 Å². The Morgan fingerprint density at radius 2 is 1.90 bits per heavy atom. The summed E-state index contributed by atoms with van der Waals surface area (Å²) in [4.78, 5) is 16.9. The monoisotopic (exact) mass is 412 g/mol. The van der Waals surface area contributed by atoms with Crippen LogP contribution in [0.5, 0.6) is 0 Å². The fourth-order valence-electron chi connectivity index (χ4n) is 3.59. The lowest BCUT2D eigenvalue weighted by molar-refractivity contribution is -0.110. The molecule has 2 aromatic carbocycles. The molecule has 0 aliphatic carbocycles. The molecule has 1 aliphatic heterocycles. The van der Waals surface area contributed by atoms with E-state index in [1.54, 1.807) is 24.5 Å². The number of hydrogen-bond donors (Lipinski definition) is 1. The maximum atomic E-state index is 12.6. The smallest absolute Gasteiger partial charge is 0.256 e. The number of aromatic nitrogens is 3. The van der Waals surface area contributed by atoms with Gasteiger partial charge in [-0.15, -0.1) is 0 Å². The average molecular weight is 413 g/mol. The summed E-state index contributed by atoms with van der Waals surface area (Å²) >= 11 is 6.07. The van der Waals surface area contributed by atoms with E-state index in [0.29, 0.717) is 28.5 Å². The molecule has 0 bridgehead atoms. The Kier molecular flexibility index (Phi) is 4.65. The van der Waals surface area contributed by atoms with Crippen LogP contribution in [0.2, 0.25) is 5.02 Å². The Morgan fingerprint density at radius 1 is 1.03 bits per heavy atom. The van der Waals surface area contributed by atoms with Crippen molar-refractivity contribution in [3.8, 4) is 11.1 Å².